The molecule has 0 saturated heterocycles. The Morgan fingerprint density at radius 2 is 0.438 bits per heavy atom. The number of carboxylic acids is 2. The number of nitrogens with one attached hydrogen (secondary N) is 4. The van der Waals surface area contributed by atoms with Gasteiger partial charge in [0.15, 0.2) is 46.3 Å². The van der Waals surface area contributed by atoms with Crippen molar-refractivity contribution in [2.75, 3.05) is 105 Å². The van der Waals surface area contributed by atoms with E-state index in [9.17, 15) is 125 Å². The normalized spacial score (nSPS) is 10.8. The summed E-state index contributed by atoms with van der Waals surface area (Å²) in [4.78, 5) is 306. The lowest BCUT2D eigenvalue weighted by Crippen LogP contribution is -2.40. The lowest BCUT2D eigenvalue weighted by Gasteiger charge is -2.34. The molecule has 105 heavy (non-hydrogen) atoms. The van der Waals surface area contributed by atoms with Crippen LogP contribution in [0.4, 0.5) is 0 Å². The molecule has 0 aliphatic heterocycles. The maximum Gasteiger partial charge on any atom is 0.323 e. The number of Topliss-reactive ketones (excluding diaryl/α,β-unsaturated/α-hetero) is 14. The van der Waals surface area contributed by atoms with Gasteiger partial charge in [0.05, 0.1) is 91.6 Å². The molecular weight excluding hydrogens is 1390 g/mol. The first-order chi connectivity index (χ1) is 49.3. The van der Waals surface area contributed by atoms with Gasteiger partial charge in [-0.05, 0) is 44.9 Å². The van der Waals surface area contributed by atoms with E-state index in [1.54, 1.807) is 0 Å². The quantitative estimate of drug-likeness (QED) is 0.0273. The lowest BCUT2D eigenvalue weighted by atomic mass is 9.70. The first-order valence-corrected chi connectivity index (χ1v) is 34.0. The molecule has 0 bridgehead atoms. The number of hydrogen-bond acceptors (Lipinski definition) is 28. The highest BCUT2D eigenvalue weighted by molar-refractivity contribution is 5.98. The van der Waals surface area contributed by atoms with Gasteiger partial charge in [0, 0.05) is 128 Å². The standard InChI is InChI=1S/C67H100N12O26/c1-43(80)35-76(61(98)15-7-45(82)27-68)37-53(90)3-11-57(94)72-31-49(86)19-23-67(24-20-50(87)32-73-58(95)12-4-54(91)38-77(36-44(2)81)62(99)16-8-46(83)28-69,25-21-51(88)33-74-59(96)13-5-55(92)39-78(41-65(102)103)63(100)17-9-47(84)29-70)26-22-52(89)34-75-60(97)14-6-56(93)40-79(42-66(104)105)64(101)18-10-48(85)30-71/h3-42,68-71H2,1-2H3,(H,72,94)(H,73,95)(H,74,96)(H,75,97)(H,102,103)(H,104,105). The van der Waals surface area contributed by atoms with E-state index in [2.05, 4.69) is 21.3 Å². The molecule has 0 saturated carbocycles. The highest BCUT2D eigenvalue weighted by Gasteiger charge is 2.34. The molecule has 38 heteroatoms. The van der Waals surface area contributed by atoms with E-state index in [0.29, 0.717) is 9.80 Å². The molecule has 0 spiro atoms. The zero-order chi connectivity index (χ0) is 79.8. The first kappa shape index (κ1) is 94.9. The van der Waals surface area contributed by atoms with E-state index in [4.69, 9.17) is 22.9 Å². The number of ketones is 14. The van der Waals surface area contributed by atoms with Gasteiger partial charge < -0.3 is 74.0 Å². The molecule has 0 rings (SSSR count). The predicted molar refractivity (Wildman–Crippen MR) is 365 cm³/mol. The molecular formula is C67H100N12O26. The van der Waals surface area contributed by atoms with Crippen molar-refractivity contribution in [3.8, 4) is 0 Å². The van der Waals surface area contributed by atoms with Crippen LogP contribution in [-0.2, 0) is 115 Å². The molecule has 0 atom stereocenters. The third kappa shape index (κ3) is 47.0. The van der Waals surface area contributed by atoms with Crippen LogP contribution in [0.15, 0.2) is 0 Å². The van der Waals surface area contributed by atoms with Crippen LogP contribution in [0.2, 0.25) is 0 Å². The van der Waals surface area contributed by atoms with Crippen molar-refractivity contribution < 1.29 is 125 Å². The van der Waals surface area contributed by atoms with Crippen molar-refractivity contribution in [1.82, 2.24) is 40.9 Å². The van der Waals surface area contributed by atoms with E-state index in [-0.39, 0.29) is 90.4 Å². The zero-order valence-corrected chi connectivity index (χ0v) is 59.6. The lowest BCUT2D eigenvalue weighted by molar-refractivity contribution is -0.146. The Labute approximate surface area is 605 Å². The summed E-state index contributed by atoms with van der Waals surface area (Å²) in [5.41, 5.74) is 19.7. The fraction of sp³-hybridized carbons (Fsp3) is 0.642. The molecule has 8 amide bonds. The number of rotatable bonds is 64. The Bertz CT molecular complexity index is 2790. The van der Waals surface area contributed by atoms with Crippen LogP contribution in [0.25, 0.3) is 0 Å². The van der Waals surface area contributed by atoms with Crippen LogP contribution in [0.5, 0.6) is 0 Å². The van der Waals surface area contributed by atoms with E-state index in [0.717, 1.165) is 9.80 Å². The molecule has 14 N–H and O–H groups in total. The topological polar surface area (TPSA) is 615 Å². The Hall–Kier alpha value is -10.1. The Morgan fingerprint density at radius 1 is 0.248 bits per heavy atom. The molecule has 0 aromatic rings. The molecule has 0 aliphatic rings. The van der Waals surface area contributed by atoms with E-state index in [1.165, 1.54) is 13.8 Å². The second kappa shape index (κ2) is 52.8. The molecule has 584 valence electrons. The predicted octanol–water partition coefficient (Wildman–Crippen LogP) is -4.87. The van der Waals surface area contributed by atoms with Gasteiger partial charge in [-0.1, -0.05) is 0 Å². The van der Waals surface area contributed by atoms with Crippen LogP contribution >= 0.6 is 0 Å². The van der Waals surface area contributed by atoms with E-state index in [1.807, 2.05) is 0 Å². The summed E-state index contributed by atoms with van der Waals surface area (Å²) in [7, 11) is 0. The van der Waals surface area contributed by atoms with Crippen molar-refractivity contribution in [2.24, 2.45) is 28.3 Å². The molecule has 0 aliphatic carbocycles. The number of nitrogens with zero attached hydrogens (tertiary/aromatic N) is 4. The molecule has 0 heterocycles. The van der Waals surface area contributed by atoms with Gasteiger partial charge in [0.25, 0.3) is 0 Å². The number of hydrogen-bond donors (Lipinski definition) is 10. The summed E-state index contributed by atoms with van der Waals surface area (Å²) in [5.74, 6) is -17.7. The van der Waals surface area contributed by atoms with Crippen molar-refractivity contribution in [1.29, 1.82) is 0 Å². The van der Waals surface area contributed by atoms with Crippen LogP contribution < -0.4 is 44.2 Å². The zero-order valence-electron chi connectivity index (χ0n) is 59.6. The smallest absolute Gasteiger partial charge is 0.323 e. The number of nitrogens with two attached hydrogens (primary N) is 4. The largest absolute Gasteiger partial charge is 0.480 e. The SMILES string of the molecule is CC(=O)CN(CC(=O)CCC(=O)NCC(=O)CCC(CCC(=O)CNC(=O)CCC(=O)CN(CC(C)=O)C(=O)CCC(=O)CN)(CCC(=O)CNC(=O)CCC(=O)CN(CC(=O)O)C(=O)CCC(=O)CN)CCC(=O)CNC(=O)CCC(=O)CN(CC(=O)O)C(=O)CCC(=O)CN)C(=O)CCC(=O)CN. The van der Waals surface area contributed by atoms with Crippen molar-refractivity contribution >= 4 is 140 Å². The molecule has 0 fully saturated rings. The summed E-state index contributed by atoms with van der Waals surface area (Å²) in [6, 6.07) is 0. The second-order valence-corrected chi connectivity index (χ2v) is 25.1. The summed E-state index contributed by atoms with van der Waals surface area (Å²) in [6.07, 6.45) is -9.55. The minimum absolute atomic E-state index is 0.244. The summed E-state index contributed by atoms with van der Waals surface area (Å²) in [5, 5.41) is 28.1. The number of carbonyl (C=O) groups excluding carboxylic acids is 22. The summed E-state index contributed by atoms with van der Waals surface area (Å²) in [6.45, 7) is -7.20. The molecule has 0 unspecified atom stereocenters. The second-order valence-electron chi connectivity index (χ2n) is 25.1. The fourth-order valence-electron chi connectivity index (χ4n) is 9.86. The first-order valence-electron chi connectivity index (χ1n) is 34.0. The Morgan fingerprint density at radius 3 is 0.619 bits per heavy atom. The van der Waals surface area contributed by atoms with Crippen LogP contribution in [0.3, 0.4) is 0 Å². The maximum absolute atomic E-state index is 13.7. The van der Waals surface area contributed by atoms with Gasteiger partial charge in [-0.15, -0.1) is 0 Å². The number of carbonyl (C=O) groups is 24. The third-order valence-electron chi connectivity index (χ3n) is 15.9. The van der Waals surface area contributed by atoms with Crippen LogP contribution in [0.1, 0.15) is 168 Å². The average molecular weight is 1490 g/mol. The molecule has 0 aromatic heterocycles. The minimum Gasteiger partial charge on any atom is -0.480 e. The Kier molecular flexibility index (Phi) is 47.7. The average Bonchev–Trinajstić information content (AvgIpc) is 0.848. The maximum atomic E-state index is 13.7. The number of aliphatic carboxylic acids is 2. The van der Waals surface area contributed by atoms with Gasteiger partial charge in [0.2, 0.25) is 47.3 Å². The summed E-state index contributed by atoms with van der Waals surface area (Å²) < 4.78 is 0. The van der Waals surface area contributed by atoms with Crippen LogP contribution in [-0.4, -0.2) is 275 Å². The number of amides is 8. The van der Waals surface area contributed by atoms with E-state index < -0.39 is 314 Å². The monoisotopic (exact) mass is 1490 g/mol. The minimum atomic E-state index is -1.48. The number of carboxylic acid groups (broad SMARTS) is 2. The molecule has 38 nitrogen and oxygen atoms in total. The van der Waals surface area contributed by atoms with Gasteiger partial charge in [-0.25, -0.2) is 0 Å². The van der Waals surface area contributed by atoms with Crippen LogP contribution in [0, 0.1) is 5.41 Å². The highest BCUT2D eigenvalue weighted by atomic mass is 16.4. The van der Waals surface area contributed by atoms with Crippen molar-refractivity contribution in [3.05, 3.63) is 0 Å². The third-order valence-corrected chi connectivity index (χ3v) is 15.9. The summed E-state index contributed by atoms with van der Waals surface area (Å²) >= 11 is 0. The van der Waals surface area contributed by atoms with Gasteiger partial charge in [0.1, 0.15) is 47.8 Å². The van der Waals surface area contributed by atoms with Crippen molar-refractivity contribution in [3.63, 3.8) is 0 Å². The van der Waals surface area contributed by atoms with Gasteiger partial charge in [-0.2, -0.15) is 0 Å². The molecule has 0 radical (unpaired) electrons. The fourth-order valence-corrected chi connectivity index (χ4v) is 9.86. The highest BCUT2D eigenvalue weighted by Crippen LogP contribution is 2.40. The van der Waals surface area contributed by atoms with E-state index >= 15 is 0 Å². The Balaban J connectivity index is 6.93. The van der Waals surface area contributed by atoms with Crippen molar-refractivity contribution in [2.45, 2.75) is 168 Å². The molecule has 0 aromatic carbocycles. The van der Waals surface area contributed by atoms with Gasteiger partial charge >= 0.3 is 11.9 Å². The van der Waals surface area contributed by atoms with Gasteiger partial charge in [-0.3, -0.25) is 115 Å².